The van der Waals surface area contributed by atoms with Gasteiger partial charge in [0.15, 0.2) is 0 Å². The van der Waals surface area contributed by atoms with Crippen molar-refractivity contribution in [3.05, 3.63) is 65.7 Å². The minimum atomic E-state index is 0.162. The van der Waals surface area contributed by atoms with E-state index in [4.69, 9.17) is 4.74 Å². The molecule has 4 nitrogen and oxygen atoms in total. The molecule has 2 aromatic carbocycles. The van der Waals surface area contributed by atoms with E-state index in [2.05, 4.69) is 48.7 Å². The van der Waals surface area contributed by atoms with E-state index in [-0.39, 0.29) is 12.6 Å². The molecule has 0 saturated carbocycles. The van der Waals surface area contributed by atoms with Crippen LogP contribution in [0.15, 0.2) is 54.6 Å². The van der Waals surface area contributed by atoms with Crippen molar-refractivity contribution in [2.75, 3.05) is 20.2 Å². The highest BCUT2D eigenvalue weighted by Gasteiger charge is 2.13. The van der Waals surface area contributed by atoms with Crippen molar-refractivity contribution in [2.45, 2.75) is 45.4 Å². The molecule has 2 rings (SSSR count). The number of aliphatic hydroxyl groups excluding tert-OH is 1. The zero-order valence-electron chi connectivity index (χ0n) is 16.8. The normalized spacial score (nSPS) is 13.5. The van der Waals surface area contributed by atoms with Gasteiger partial charge in [-0.05, 0) is 49.1 Å². The van der Waals surface area contributed by atoms with Crippen LogP contribution in [0.2, 0.25) is 0 Å². The Balaban J connectivity index is 1.80. The molecule has 4 heteroatoms. The van der Waals surface area contributed by atoms with Crippen LogP contribution < -0.4 is 15.4 Å². The lowest BCUT2D eigenvalue weighted by atomic mass is 10.0. The molecular weight excluding hydrogens is 336 g/mol. The number of benzene rings is 2. The van der Waals surface area contributed by atoms with Gasteiger partial charge in [0.1, 0.15) is 12.4 Å². The Hall–Kier alpha value is -1.88. The van der Waals surface area contributed by atoms with Gasteiger partial charge in [-0.2, -0.15) is 0 Å². The topological polar surface area (TPSA) is 53.5 Å². The van der Waals surface area contributed by atoms with Crippen molar-refractivity contribution >= 4 is 0 Å². The molecule has 3 N–H and O–H groups in total. The van der Waals surface area contributed by atoms with Crippen LogP contribution in [0.3, 0.4) is 0 Å². The van der Waals surface area contributed by atoms with E-state index in [9.17, 15) is 5.11 Å². The van der Waals surface area contributed by atoms with Gasteiger partial charge in [0, 0.05) is 18.6 Å². The smallest absolute Gasteiger partial charge is 0.119 e. The first-order chi connectivity index (χ1) is 13.1. The summed E-state index contributed by atoms with van der Waals surface area (Å²) in [6.45, 7) is 5.97. The standard InChI is InChI=1S/C23H34N2O2/c1-18(2)13-22(16-26)25-15-21(24-3)14-19-9-11-23(12-10-19)27-17-20-7-5-4-6-8-20/h4-12,18,21-22,24-26H,13-17H2,1-3H3. The molecule has 0 radical (unpaired) electrons. The van der Waals surface area contributed by atoms with Crippen molar-refractivity contribution in [3.8, 4) is 5.75 Å². The fraction of sp³-hybridized carbons (Fsp3) is 0.478. The third kappa shape index (κ3) is 8.12. The first-order valence-electron chi connectivity index (χ1n) is 9.88. The monoisotopic (exact) mass is 370 g/mol. The molecular formula is C23H34N2O2. The number of likely N-dealkylation sites (N-methyl/N-ethyl adjacent to an activating group) is 1. The van der Waals surface area contributed by atoms with Crippen LogP contribution in [0, 0.1) is 5.92 Å². The molecule has 148 valence electrons. The number of hydrogen-bond acceptors (Lipinski definition) is 4. The Morgan fingerprint density at radius 3 is 2.22 bits per heavy atom. The predicted molar refractivity (Wildman–Crippen MR) is 112 cm³/mol. The zero-order valence-corrected chi connectivity index (χ0v) is 16.8. The van der Waals surface area contributed by atoms with E-state index in [1.165, 1.54) is 11.1 Å². The SMILES string of the molecule is CNC(CNC(CO)CC(C)C)Cc1ccc(OCc2ccccc2)cc1. The molecule has 0 bridgehead atoms. The highest BCUT2D eigenvalue weighted by atomic mass is 16.5. The summed E-state index contributed by atoms with van der Waals surface area (Å²) in [6, 6.07) is 19.0. The molecule has 0 aliphatic rings. The van der Waals surface area contributed by atoms with Gasteiger partial charge in [-0.3, -0.25) is 0 Å². The highest BCUT2D eigenvalue weighted by Crippen LogP contribution is 2.15. The van der Waals surface area contributed by atoms with Gasteiger partial charge in [-0.15, -0.1) is 0 Å². The summed E-state index contributed by atoms with van der Waals surface area (Å²) in [7, 11) is 1.99. The van der Waals surface area contributed by atoms with Crippen LogP contribution >= 0.6 is 0 Å². The van der Waals surface area contributed by atoms with E-state index in [1.807, 2.05) is 37.4 Å². The minimum Gasteiger partial charge on any atom is -0.489 e. The van der Waals surface area contributed by atoms with E-state index in [1.54, 1.807) is 0 Å². The molecule has 0 fully saturated rings. The Morgan fingerprint density at radius 2 is 1.63 bits per heavy atom. The zero-order chi connectivity index (χ0) is 19.5. The maximum absolute atomic E-state index is 9.52. The summed E-state index contributed by atoms with van der Waals surface area (Å²) in [5.41, 5.74) is 2.44. The van der Waals surface area contributed by atoms with Gasteiger partial charge < -0.3 is 20.5 Å². The lowest BCUT2D eigenvalue weighted by Crippen LogP contribution is -2.44. The third-order valence-electron chi connectivity index (χ3n) is 4.69. The van der Waals surface area contributed by atoms with E-state index in [0.29, 0.717) is 18.6 Å². The molecule has 2 atom stereocenters. The molecule has 0 amide bonds. The largest absolute Gasteiger partial charge is 0.489 e. The fourth-order valence-corrected chi connectivity index (χ4v) is 3.12. The Bertz CT molecular complexity index is 629. The van der Waals surface area contributed by atoms with Crippen LogP contribution in [-0.2, 0) is 13.0 Å². The molecule has 0 spiro atoms. The van der Waals surface area contributed by atoms with E-state index < -0.39 is 0 Å². The van der Waals surface area contributed by atoms with Crippen molar-refractivity contribution < 1.29 is 9.84 Å². The second kappa shape index (κ2) is 11.8. The summed E-state index contributed by atoms with van der Waals surface area (Å²) < 4.78 is 5.85. The van der Waals surface area contributed by atoms with Crippen LogP contribution in [0.5, 0.6) is 5.75 Å². The highest BCUT2D eigenvalue weighted by molar-refractivity contribution is 5.28. The number of nitrogens with one attached hydrogen (secondary N) is 2. The van der Waals surface area contributed by atoms with Crippen molar-refractivity contribution in [2.24, 2.45) is 5.92 Å². The van der Waals surface area contributed by atoms with E-state index in [0.717, 1.165) is 25.1 Å². The summed E-state index contributed by atoms with van der Waals surface area (Å²) in [4.78, 5) is 0. The summed E-state index contributed by atoms with van der Waals surface area (Å²) >= 11 is 0. The van der Waals surface area contributed by atoms with Crippen LogP contribution in [0.4, 0.5) is 0 Å². The summed E-state index contributed by atoms with van der Waals surface area (Å²) in [5.74, 6) is 1.46. The van der Waals surface area contributed by atoms with Gasteiger partial charge in [0.25, 0.3) is 0 Å². The second-order valence-electron chi connectivity index (χ2n) is 7.53. The molecule has 0 saturated heterocycles. The molecule has 0 heterocycles. The quantitative estimate of drug-likeness (QED) is 0.536. The number of ether oxygens (including phenoxy) is 1. The van der Waals surface area contributed by atoms with Gasteiger partial charge in [0.05, 0.1) is 6.61 Å². The molecule has 0 aliphatic carbocycles. The summed E-state index contributed by atoms with van der Waals surface area (Å²) in [6.07, 6.45) is 1.92. The second-order valence-corrected chi connectivity index (χ2v) is 7.53. The Morgan fingerprint density at radius 1 is 0.926 bits per heavy atom. The first kappa shape index (κ1) is 21.4. The molecule has 0 aromatic heterocycles. The molecule has 2 aromatic rings. The Labute approximate surface area is 164 Å². The lowest BCUT2D eigenvalue weighted by Gasteiger charge is -2.23. The van der Waals surface area contributed by atoms with Gasteiger partial charge in [-0.1, -0.05) is 56.3 Å². The molecule has 2 unspecified atom stereocenters. The number of aliphatic hydroxyl groups is 1. The van der Waals surface area contributed by atoms with E-state index >= 15 is 0 Å². The van der Waals surface area contributed by atoms with Crippen molar-refractivity contribution in [1.29, 1.82) is 0 Å². The Kier molecular flexibility index (Phi) is 9.32. The molecule has 0 aliphatic heterocycles. The predicted octanol–water partition coefficient (Wildman–Crippen LogP) is 3.39. The van der Waals surface area contributed by atoms with Crippen molar-refractivity contribution in [3.63, 3.8) is 0 Å². The van der Waals surface area contributed by atoms with Gasteiger partial charge in [-0.25, -0.2) is 0 Å². The molecule has 27 heavy (non-hydrogen) atoms. The third-order valence-corrected chi connectivity index (χ3v) is 4.69. The average Bonchev–Trinajstić information content (AvgIpc) is 2.69. The maximum atomic E-state index is 9.52. The van der Waals surface area contributed by atoms with Crippen molar-refractivity contribution in [1.82, 2.24) is 10.6 Å². The van der Waals surface area contributed by atoms with Gasteiger partial charge >= 0.3 is 0 Å². The lowest BCUT2D eigenvalue weighted by molar-refractivity contribution is 0.221. The number of hydrogen-bond donors (Lipinski definition) is 3. The van der Waals surface area contributed by atoms with Gasteiger partial charge in [0.2, 0.25) is 0 Å². The fourth-order valence-electron chi connectivity index (χ4n) is 3.12. The summed E-state index contributed by atoms with van der Waals surface area (Å²) in [5, 5.41) is 16.4. The van der Waals surface area contributed by atoms with Crippen LogP contribution in [0.1, 0.15) is 31.4 Å². The minimum absolute atomic E-state index is 0.162. The van der Waals surface area contributed by atoms with Crippen LogP contribution in [0.25, 0.3) is 0 Å². The van der Waals surface area contributed by atoms with Crippen LogP contribution in [-0.4, -0.2) is 37.4 Å². The number of rotatable bonds is 12. The average molecular weight is 371 g/mol. The maximum Gasteiger partial charge on any atom is 0.119 e. The first-order valence-corrected chi connectivity index (χ1v) is 9.88.